The molecule has 21 heavy (non-hydrogen) atoms. The van der Waals surface area contributed by atoms with E-state index in [0.29, 0.717) is 12.1 Å². The largest absolute Gasteiger partial charge is 0.370 e. The molecular weight excluding hydrogens is 268 g/mol. The Morgan fingerprint density at radius 2 is 2.24 bits per heavy atom. The molecule has 1 amide bonds. The molecule has 7 nitrogen and oxygen atoms in total. The summed E-state index contributed by atoms with van der Waals surface area (Å²) in [6.45, 7) is 3.52. The summed E-state index contributed by atoms with van der Waals surface area (Å²) in [5.74, 6) is 1.47. The van der Waals surface area contributed by atoms with Crippen LogP contribution >= 0.6 is 0 Å². The molecule has 0 radical (unpaired) electrons. The number of nitrogens with zero attached hydrogens (tertiary/aromatic N) is 3. The Hall–Kier alpha value is -2.44. The molecule has 2 heterocycles. The third kappa shape index (κ3) is 4.87. The second kappa shape index (κ2) is 7.98. The number of aromatic nitrogens is 4. The topological polar surface area (TPSA) is 95.6 Å². The first-order valence-corrected chi connectivity index (χ1v) is 7.12. The van der Waals surface area contributed by atoms with Crippen molar-refractivity contribution in [1.29, 1.82) is 0 Å². The van der Waals surface area contributed by atoms with Crippen molar-refractivity contribution in [3.05, 3.63) is 36.0 Å². The van der Waals surface area contributed by atoms with Crippen LogP contribution in [-0.2, 0) is 6.42 Å². The van der Waals surface area contributed by atoms with Crippen LogP contribution in [0.5, 0.6) is 0 Å². The highest BCUT2D eigenvalue weighted by atomic mass is 16.1. The molecule has 0 aliphatic rings. The molecule has 0 bridgehead atoms. The molecule has 0 aliphatic carbocycles. The molecule has 0 spiro atoms. The highest BCUT2D eigenvalue weighted by Gasteiger charge is 2.06. The molecule has 2 rings (SSSR count). The minimum atomic E-state index is -0.0884. The van der Waals surface area contributed by atoms with E-state index in [-0.39, 0.29) is 5.91 Å². The third-order valence-corrected chi connectivity index (χ3v) is 2.92. The first kappa shape index (κ1) is 15.0. The van der Waals surface area contributed by atoms with Crippen LogP contribution < -0.4 is 10.6 Å². The summed E-state index contributed by atoms with van der Waals surface area (Å²) in [6.07, 6.45) is 5.71. The maximum Gasteiger partial charge on any atom is 0.251 e. The average molecular weight is 288 g/mol. The standard InChI is InChI=1S/C14H20N6O/c1-2-6-15-13-9-11(5-8-16-13)14(21)17-7-3-4-12-18-10-19-20-12/h5,8-10H,2-4,6-7H2,1H3,(H,15,16)(H,17,21)(H,18,19,20). The van der Waals surface area contributed by atoms with E-state index < -0.39 is 0 Å². The molecule has 0 aromatic carbocycles. The van der Waals surface area contributed by atoms with E-state index >= 15 is 0 Å². The van der Waals surface area contributed by atoms with Crippen molar-refractivity contribution >= 4 is 11.7 Å². The smallest absolute Gasteiger partial charge is 0.251 e. The fourth-order valence-corrected chi connectivity index (χ4v) is 1.83. The van der Waals surface area contributed by atoms with Gasteiger partial charge in [0.2, 0.25) is 0 Å². The summed E-state index contributed by atoms with van der Waals surface area (Å²) in [7, 11) is 0. The maximum atomic E-state index is 12.0. The third-order valence-electron chi connectivity index (χ3n) is 2.92. The minimum absolute atomic E-state index is 0.0884. The SMILES string of the molecule is CCCNc1cc(C(=O)NCCCc2ncn[nH]2)ccn1. The number of hydrogen-bond donors (Lipinski definition) is 3. The minimum Gasteiger partial charge on any atom is -0.370 e. The lowest BCUT2D eigenvalue weighted by molar-refractivity contribution is 0.0953. The molecule has 112 valence electrons. The Balaban J connectivity index is 1.77. The number of carbonyl (C=O) groups is 1. The number of carbonyl (C=O) groups excluding carboxylic acids is 1. The van der Waals surface area contributed by atoms with Crippen LogP contribution in [0.3, 0.4) is 0 Å². The van der Waals surface area contributed by atoms with E-state index in [1.165, 1.54) is 6.33 Å². The molecule has 0 fully saturated rings. The van der Waals surface area contributed by atoms with Gasteiger partial charge in [0.25, 0.3) is 5.91 Å². The predicted octanol–water partition coefficient (Wildman–Crippen LogP) is 1.38. The van der Waals surface area contributed by atoms with E-state index in [1.54, 1.807) is 18.3 Å². The molecule has 0 saturated heterocycles. The Labute approximate surface area is 123 Å². The van der Waals surface area contributed by atoms with Gasteiger partial charge in [0.1, 0.15) is 18.0 Å². The van der Waals surface area contributed by atoms with Gasteiger partial charge in [-0.15, -0.1) is 0 Å². The van der Waals surface area contributed by atoms with Crippen molar-refractivity contribution in [1.82, 2.24) is 25.5 Å². The quantitative estimate of drug-likeness (QED) is 0.638. The van der Waals surface area contributed by atoms with Gasteiger partial charge in [-0.2, -0.15) is 5.10 Å². The van der Waals surface area contributed by atoms with Crippen LogP contribution in [0.1, 0.15) is 35.9 Å². The van der Waals surface area contributed by atoms with Crippen molar-refractivity contribution in [3.63, 3.8) is 0 Å². The number of hydrogen-bond acceptors (Lipinski definition) is 5. The summed E-state index contributed by atoms with van der Waals surface area (Å²) < 4.78 is 0. The zero-order valence-corrected chi connectivity index (χ0v) is 12.1. The highest BCUT2D eigenvalue weighted by molar-refractivity contribution is 5.94. The van der Waals surface area contributed by atoms with Crippen LogP contribution in [0.4, 0.5) is 5.82 Å². The van der Waals surface area contributed by atoms with Gasteiger partial charge in [0.15, 0.2) is 0 Å². The zero-order valence-electron chi connectivity index (χ0n) is 12.1. The summed E-state index contributed by atoms with van der Waals surface area (Å²) >= 11 is 0. The van der Waals surface area contributed by atoms with E-state index in [1.807, 2.05) is 0 Å². The van der Waals surface area contributed by atoms with Crippen molar-refractivity contribution in [2.45, 2.75) is 26.2 Å². The molecule has 0 saturated carbocycles. The summed E-state index contributed by atoms with van der Waals surface area (Å²) in [6, 6.07) is 3.48. The second-order valence-corrected chi connectivity index (χ2v) is 4.65. The first-order valence-electron chi connectivity index (χ1n) is 7.12. The number of amides is 1. The fourth-order valence-electron chi connectivity index (χ4n) is 1.83. The molecule has 0 aliphatic heterocycles. The number of aromatic amines is 1. The van der Waals surface area contributed by atoms with Crippen LogP contribution in [0.25, 0.3) is 0 Å². The van der Waals surface area contributed by atoms with Gasteiger partial charge >= 0.3 is 0 Å². The van der Waals surface area contributed by atoms with Crippen molar-refractivity contribution in [3.8, 4) is 0 Å². The van der Waals surface area contributed by atoms with Gasteiger partial charge in [0, 0.05) is 31.3 Å². The van der Waals surface area contributed by atoms with E-state index in [9.17, 15) is 4.79 Å². The van der Waals surface area contributed by atoms with E-state index in [2.05, 4.69) is 37.7 Å². The Morgan fingerprint density at radius 3 is 3.00 bits per heavy atom. The second-order valence-electron chi connectivity index (χ2n) is 4.65. The Kier molecular flexibility index (Phi) is 5.69. The monoisotopic (exact) mass is 288 g/mol. The average Bonchev–Trinajstić information content (AvgIpc) is 3.03. The van der Waals surface area contributed by atoms with Gasteiger partial charge in [0.05, 0.1) is 0 Å². The van der Waals surface area contributed by atoms with Crippen molar-refractivity contribution in [2.24, 2.45) is 0 Å². The lowest BCUT2D eigenvalue weighted by Gasteiger charge is -2.07. The van der Waals surface area contributed by atoms with Crippen molar-refractivity contribution in [2.75, 3.05) is 18.4 Å². The number of nitrogens with one attached hydrogen (secondary N) is 3. The molecule has 3 N–H and O–H groups in total. The zero-order chi connectivity index (χ0) is 14.9. The number of anilines is 1. The van der Waals surface area contributed by atoms with E-state index in [4.69, 9.17) is 0 Å². The lowest BCUT2D eigenvalue weighted by Crippen LogP contribution is -2.25. The Morgan fingerprint density at radius 1 is 1.33 bits per heavy atom. The number of pyridine rings is 1. The first-order chi connectivity index (χ1) is 10.3. The fraction of sp³-hybridized carbons (Fsp3) is 0.429. The predicted molar refractivity (Wildman–Crippen MR) is 80.1 cm³/mol. The molecule has 7 heteroatoms. The molecule has 0 unspecified atom stereocenters. The van der Waals surface area contributed by atoms with Gasteiger partial charge in [-0.1, -0.05) is 6.92 Å². The van der Waals surface area contributed by atoms with Crippen molar-refractivity contribution < 1.29 is 4.79 Å². The lowest BCUT2D eigenvalue weighted by atomic mass is 10.2. The molecular formula is C14H20N6O. The number of aryl methyl sites for hydroxylation is 1. The van der Waals surface area contributed by atoms with Crippen LogP contribution in [0.2, 0.25) is 0 Å². The summed E-state index contributed by atoms with van der Waals surface area (Å²) in [4.78, 5) is 20.2. The summed E-state index contributed by atoms with van der Waals surface area (Å²) in [5.41, 5.74) is 0.614. The van der Waals surface area contributed by atoms with Crippen LogP contribution in [0, 0.1) is 0 Å². The summed E-state index contributed by atoms with van der Waals surface area (Å²) in [5, 5.41) is 12.6. The van der Waals surface area contributed by atoms with Gasteiger partial charge in [-0.25, -0.2) is 9.97 Å². The maximum absolute atomic E-state index is 12.0. The molecule has 2 aromatic rings. The number of H-pyrrole nitrogens is 1. The van der Waals surface area contributed by atoms with E-state index in [0.717, 1.165) is 37.4 Å². The highest BCUT2D eigenvalue weighted by Crippen LogP contribution is 2.06. The molecule has 0 atom stereocenters. The van der Waals surface area contributed by atoms with Crippen LogP contribution in [-0.4, -0.2) is 39.2 Å². The number of rotatable bonds is 8. The van der Waals surface area contributed by atoms with Gasteiger partial charge < -0.3 is 10.6 Å². The van der Waals surface area contributed by atoms with Gasteiger partial charge in [-0.05, 0) is 25.0 Å². The van der Waals surface area contributed by atoms with Crippen LogP contribution in [0.15, 0.2) is 24.7 Å². The normalized spacial score (nSPS) is 10.3. The Bertz CT molecular complexity index is 554. The molecule has 2 aromatic heterocycles. The van der Waals surface area contributed by atoms with Gasteiger partial charge in [-0.3, -0.25) is 9.89 Å².